The van der Waals surface area contributed by atoms with Crippen molar-refractivity contribution in [3.8, 4) is 6.07 Å². The van der Waals surface area contributed by atoms with Gasteiger partial charge >= 0.3 is 6.18 Å². The lowest BCUT2D eigenvalue weighted by atomic mass is 9.88. The zero-order valence-electron chi connectivity index (χ0n) is 30.7. The Balaban J connectivity index is 0.774. The fourth-order valence-electron chi connectivity index (χ4n) is 8.99. The average Bonchev–Trinajstić information content (AvgIpc) is 3.52. The van der Waals surface area contributed by atoms with E-state index in [0.717, 1.165) is 83.4 Å². The van der Waals surface area contributed by atoms with Gasteiger partial charge in [0, 0.05) is 76.7 Å². The summed E-state index contributed by atoms with van der Waals surface area (Å²) in [5, 5.41) is 11.5. The minimum Gasteiger partial charge on any atom is -0.372 e. The first-order chi connectivity index (χ1) is 26.5. The largest absolute Gasteiger partial charge is 0.417 e. The maximum Gasteiger partial charge on any atom is 0.417 e. The van der Waals surface area contributed by atoms with E-state index in [2.05, 4.69) is 44.3 Å². The number of alkyl halides is 3. The number of aromatic nitrogens is 1. The summed E-state index contributed by atoms with van der Waals surface area (Å²) >= 11 is 0. The molecule has 11 nitrogen and oxygen atoms in total. The third-order valence-corrected chi connectivity index (χ3v) is 12.2. The van der Waals surface area contributed by atoms with Gasteiger partial charge in [0.15, 0.2) is 0 Å². The maximum absolute atomic E-state index is 13.5. The molecule has 5 aliphatic heterocycles. The quantitative estimate of drug-likeness (QED) is 0.327. The fourth-order valence-corrected chi connectivity index (χ4v) is 8.99. The molecule has 6 heterocycles. The van der Waals surface area contributed by atoms with Crippen LogP contribution in [0, 0.1) is 17.2 Å². The van der Waals surface area contributed by atoms with E-state index in [9.17, 15) is 27.6 Å². The summed E-state index contributed by atoms with van der Waals surface area (Å²) in [5.41, 5.74) is 3.01. The number of imide groups is 1. The van der Waals surface area contributed by atoms with Crippen molar-refractivity contribution in [1.82, 2.24) is 20.1 Å². The van der Waals surface area contributed by atoms with E-state index in [-0.39, 0.29) is 30.3 Å². The number of hydrogen-bond donors (Lipinski definition) is 1. The Morgan fingerprint density at radius 1 is 0.782 bits per heavy atom. The van der Waals surface area contributed by atoms with Crippen LogP contribution in [0.15, 0.2) is 54.6 Å². The molecule has 0 radical (unpaired) electrons. The first-order valence-electron chi connectivity index (χ1n) is 19.4. The van der Waals surface area contributed by atoms with Gasteiger partial charge in [-0.25, -0.2) is 4.98 Å². The van der Waals surface area contributed by atoms with Crippen molar-refractivity contribution in [2.75, 3.05) is 73.6 Å². The van der Waals surface area contributed by atoms with Crippen LogP contribution in [0.1, 0.15) is 77.2 Å². The van der Waals surface area contributed by atoms with Gasteiger partial charge in [0.1, 0.15) is 11.9 Å². The Morgan fingerprint density at radius 2 is 1.45 bits per heavy atom. The van der Waals surface area contributed by atoms with Crippen LogP contribution >= 0.6 is 0 Å². The summed E-state index contributed by atoms with van der Waals surface area (Å²) in [6.45, 7) is 8.32. The van der Waals surface area contributed by atoms with Crippen LogP contribution in [0.5, 0.6) is 0 Å². The SMILES string of the molecule is N#Cc1ccc(N2CCC(c3ccc(N4CCC(CN5CCN(c6ccc7c(n6)CN(C6CCC(=O)NC6=O)C7=O)CC5)CC4)cc3)CC2)cc1C(F)(F)F. The van der Waals surface area contributed by atoms with Crippen LogP contribution in [0.25, 0.3) is 0 Å². The summed E-state index contributed by atoms with van der Waals surface area (Å²) < 4.78 is 40.5. The number of piperidine rings is 3. The molecule has 0 bridgehead atoms. The molecule has 55 heavy (non-hydrogen) atoms. The van der Waals surface area contributed by atoms with Gasteiger partial charge in [-0.3, -0.25) is 24.6 Å². The summed E-state index contributed by atoms with van der Waals surface area (Å²) in [6, 6.07) is 17.6. The van der Waals surface area contributed by atoms with Gasteiger partial charge in [0.05, 0.1) is 35.0 Å². The predicted octanol–water partition coefficient (Wildman–Crippen LogP) is 5.16. The first-order valence-corrected chi connectivity index (χ1v) is 19.4. The van der Waals surface area contributed by atoms with Crippen LogP contribution in [-0.2, 0) is 22.3 Å². The third kappa shape index (κ3) is 7.72. The highest BCUT2D eigenvalue weighted by Gasteiger charge is 2.40. The molecule has 0 saturated carbocycles. The highest BCUT2D eigenvalue weighted by Crippen LogP contribution is 2.37. The van der Waals surface area contributed by atoms with Gasteiger partial charge in [-0.05, 0) is 92.0 Å². The number of amides is 3. The molecular formula is C41H45F3N8O3. The molecule has 5 aliphatic rings. The molecule has 0 spiro atoms. The second-order valence-corrected chi connectivity index (χ2v) is 15.5. The zero-order valence-corrected chi connectivity index (χ0v) is 30.7. The van der Waals surface area contributed by atoms with Crippen LogP contribution in [0.3, 0.4) is 0 Å². The molecule has 1 unspecified atom stereocenters. The van der Waals surface area contributed by atoms with Gasteiger partial charge in [0.2, 0.25) is 11.8 Å². The molecule has 288 valence electrons. The summed E-state index contributed by atoms with van der Waals surface area (Å²) in [6.07, 6.45) is -0.0147. The molecule has 4 fully saturated rings. The summed E-state index contributed by atoms with van der Waals surface area (Å²) in [4.78, 5) is 52.7. The van der Waals surface area contributed by atoms with Crippen molar-refractivity contribution in [2.24, 2.45) is 5.92 Å². The number of rotatable bonds is 7. The lowest BCUT2D eigenvalue weighted by Gasteiger charge is -2.40. The molecular weight excluding hydrogens is 709 g/mol. The maximum atomic E-state index is 13.5. The number of pyridine rings is 1. The van der Waals surface area contributed by atoms with E-state index in [1.54, 1.807) is 12.1 Å². The van der Waals surface area contributed by atoms with Crippen LogP contribution in [-0.4, -0.2) is 97.4 Å². The van der Waals surface area contributed by atoms with Gasteiger partial charge in [-0.2, -0.15) is 18.4 Å². The number of nitriles is 1. The molecule has 3 amide bonds. The number of nitrogens with zero attached hydrogens (tertiary/aromatic N) is 7. The van der Waals surface area contributed by atoms with E-state index in [4.69, 9.17) is 10.2 Å². The second-order valence-electron chi connectivity index (χ2n) is 15.5. The number of piperazine rings is 1. The van der Waals surface area contributed by atoms with Crippen LogP contribution in [0.2, 0.25) is 0 Å². The number of fused-ring (bicyclic) bond motifs is 1. The topological polar surface area (TPSA) is 116 Å². The average molecular weight is 755 g/mol. The zero-order chi connectivity index (χ0) is 38.3. The Morgan fingerprint density at radius 3 is 2.13 bits per heavy atom. The second kappa shape index (κ2) is 15.2. The number of anilines is 3. The van der Waals surface area contributed by atoms with Crippen molar-refractivity contribution in [3.05, 3.63) is 82.5 Å². The summed E-state index contributed by atoms with van der Waals surface area (Å²) in [5.74, 6) is 0.927. The lowest BCUT2D eigenvalue weighted by Crippen LogP contribution is -2.52. The molecule has 2 aromatic carbocycles. The van der Waals surface area contributed by atoms with Crippen molar-refractivity contribution in [3.63, 3.8) is 0 Å². The molecule has 1 N–H and O–H groups in total. The van der Waals surface area contributed by atoms with Crippen molar-refractivity contribution in [1.29, 1.82) is 5.26 Å². The summed E-state index contributed by atoms with van der Waals surface area (Å²) in [7, 11) is 0. The first kappa shape index (κ1) is 36.8. The lowest BCUT2D eigenvalue weighted by molar-refractivity contribution is -0.138. The van der Waals surface area contributed by atoms with Gasteiger partial charge < -0.3 is 19.6 Å². The molecule has 3 aromatic rings. The number of benzene rings is 2. The normalized spacial score (nSPS) is 21.9. The molecule has 8 rings (SSSR count). The molecule has 1 aromatic heterocycles. The Hall–Kier alpha value is -5.16. The van der Waals surface area contributed by atoms with E-state index in [0.29, 0.717) is 48.3 Å². The highest BCUT2D eigenvalue weighted by molar-refractivity contribution is 6.05. The predicted molar refractivity (Wildman–Crippen MR) is 201 cm³/mol. The van der Waals surface area contributed by atoms with Crippen LogP contribution < -0.4 is 20.0 Å². The minimum absolute atomic E-state index is 0.205. The van der Waals surface area contributed by atoms with Crippen molar-refractivity contribution >= 4 is 34.9 Å². The number of halogens is 3. The van der Waals surface area contributed by atoms with E-state index in [1.807, 2.05) is 17.0 Å². The van der Waals surface area contributed by atoms with E-state index >= 15 is 0 Å². The number of carbonyl (C=O) groups is 3. The van der Waals surface area contributed by atoms with E-state index in [1.165, 1.54) is 22.2 Å². The fraction of sp³-hybridized carbons (Fsp3) is 0.488. The van der Waals surface area contributed by atoms with Crippen molar-refractivity contribution < 1.29 is 27.6 Å². The standard InChI is InChI=1S/C41H45F3N8O3/c42-41(43,44)34-23-32(6-3-30(34)24-45)50-17-13-29(14-18-50)28-1-4-31(5-2-28)49-15-11-27(12-16-49)25-48-19-21-51(22-20-48)37-9-7-33-35(46-37)26-52(40(33)55)36-8-10-38(53)47-39(36)54/h1-7,9,23,27,29,36H,8,10-22,25-26H2,(H,47,53,54). The van der Waals surface area contributed by atoms with Crippen LogP contribution in [0.4, 0.5) is 30.4 Å². The number of hydrogen-bond acceptors (Lipinski definition) is 9. The Bertz CT molecular complexity index is 1980. The monoisotopic (exact) mass is 754 g/mol. The molecule has 1 atom stereocenters. The highest BCUT2D eigenvalue weighted by atomic mass is 19.4. The number of nitrogens with one attached hydrogen (secondary N) is 1. The Labute approximate surface area is 318 Å². The molecule has 4 saturated heterocycles. The van der Waals surface area contributed by atoms with Gasteiger partial charge in [-0.15, -0.1) is 0 Å². The minimum atomic E-state index is -4.56. The number of carbonyl (C=O) groups excluding carboxylic acids is 3. The smallest absolute Gasteiger partial charge is 0.372 e. The Kier molecular flexibility index (Phi) is 10.1. The van der Waals surface area contributed by atoms with Gasteiger partial charge in [0.25, 0.3) is 5.91 Å². The van der Waals surface area contributed by atoms with E-state index < -0.39 is 23.7 Å². The van der Waals surface area contributed by atoms with Crippen molar-refractivity contribution in [2.45, 2.75) is 63.2 Å². The molecule has 0 aliphatic carbocycles. The third-order valence-electron chi connectivity index (χ3n) is 12.2. The van der Waals surface area contributed by atoms with Gasteiger partial charge in [-0.1, -0.05) is 12.1 Å². The molecule has 14 heteroatoms.